The number of nitrogens with one attached hydrogen (secondary N) is 1. The van der Waals surface area contributed by atoms with Crippen LogP contribution in [0.5, 0.6) is 0 Å². The Kier molecular flexibility index (Phi) is 5.46. The Morgan fingerprint density at radius 2 is 2.05 bits per heavy atom. The highest BCUT2D eigenvalue weighted by molar-refractivity contribution is 9.10. The van der Waals surface area contributed by atoms with E-state index in [2.05, 4.69) is 35.1 Å². The second-order valence-electron chi connectivity index (χ2n) is 4.62. The molecule has 1 atom stereocenters. The molecule has 0 saturated carbocycles. The fourth-order valence-electron chi connectivity index (χ4n) is 1.21. The summed E-state index contributed by atoms with van der Waals surface area (Å²) in [6.45, 7) is 6.60. The molecule has 0 fully saturated rings. The van der Waals surface area contributed by atoms with Gasteiger partial charge in [-0.1, -0.05) is 20.8 Å². The first-order valence-corrected chi connectivity index (χ1v) is 8.75. The smallest absolute Gasteiger partial charge is 0.287 e. The third kappa shape index (κ3) is 4.50. The lowest BCUT2D eigenvalue weighted by molar-refractivity contribution is 0.0916. The molecule has 1 unspecified atom stereocenters. The molecule has 0 radical (unpaired) electrons. The van der Waals surface area contributed by atoms with Crippen molar-refractivity contribution in [1.82, 2.24) is 5.32 Å². The van der Waals surface area contributed by atoms with Crippen LogP contribution < -0.4 is 5.32 Å². The molecule has 1 heterocycles. The second kappa shape index (κ2) is 6.28. The van der Waals surface area contributed by atoms with Crippen LogP contribution in [0.2, 0.25) is 0 Å². The van der Waals surface area contributed by atoms with Gasteiger partial charge in [-0.2, -0.15) is 0 Å². The Bertz CT molecular complexity index is 567. The SMILES string of the molecule is CC(C)C(C)CNC(=O)c1cc(S(=O)(=O)Cl)c(Br)o1. The van der Waals surface area contributed by atoms with Crippen LogP contribution >= 0.6 is 26.6 Å². The molecule has 8 heteroatoms. The van der Waals surface area contributed by atoms with Gasteiger partial charge in [0, 0.05) is 23.3 Å². The number of hydrogen-bond acceptors (Lipinski definition) is 4. The van der Waals surface area contributed by atoms with E-state index in [4.69, 9.17) is 15.1 Å². The largest absolute Gasteiger partial charge is 0.443 e. The molecule has 0 aliphatic carbocycles. The summed E-state index contributed by atoms with van der Waals surface area (Å²) in [6.07, 6.45) is 0. The van der Waals surface area contributed by atoms with Crippen molar-refractivity contribution in [3.05, 3.63) is 16.5 Å². The van der Waals surface area contributed by atoms with E-state index in [-0.39, 0.29) is 15.3 Å². The molecular weight excluding hydrogens is 358 g/mol. The van der Waals surface area contributed by atoms with E-state index in [1.54, 1.807) is 0 Å². The number of furan rings is 1. The molecule has 0 aromatic carbocycles. The molecule has 0 bridgehead atoms. The van der Waals surface area contributed by atoms with Gasteiger partial charge < -0.3 is 9.73 Å². The predicted molar refractivity (Wildman–Crippen MR) is 75.8 cm³/mol. The lowest BCUT2D eigenvalue weighted by Gasteiger charge is -2.15. The summed E-state index contributed by atoms with van der Waals surface area (Å²) in [5, 5.41) is 2.68. The Morgan fingerprint density at radius 1 is 1.47 bits per heavy atom. The minimum Gasteiger partial charge on any atom is -0.443 e. The monoisotopic (exact) mass is 371 g/mol. The summed E-state index contributed by atoms with van der Waals surface area (Å²) >= 11 is 2.91. The summed E-state index contributed by atoms with van der Waals surface area (Å²) < 4.78 is 27.3. The molecule has 0 spiro atoms. The number of amides is 1. The van der Waals surface area contributed by atoms with E-state index in [1.807, 2.05) is 6.92 Å². The first-order chi connectivity index (χ1) is 8.62. The van der Waals surface area contributed by atoms with Crippen LogP contribution in [-0.2, 0) is 9.05 Å². The van der Waals surface area contributed by atoms with Crippen LogP contribution in [-0.4, -0.2) is 20.9 Å². The molecule has 1 N–H and O–H groups in total. The van der Waals surface area contributed by atoms with E-state index in [0.717, 1.165) is 6.07 Å². The van der Waals surface area contributed by atoms with Crippen LogP contribution in [0.25, 0.3) is 0 Å². The van der Waals surface area contributed by atoms with E-state index in [1.165, 1.54) is 0 Å². The van der Waals surface area contributed by atoms with Gasteiger partial charge in [0.1, 0.15) is 4.90 Å². The molecule has 0 saturated heterocycles. The predicted octanol–water partition coefficient (Wildman–Crippen LogP) is 2.99. The van der Waals surface area contributed by atoms with Crippen molar-refractivity contribution in [2.45, 2.75) is 25.7 Å². The standard InChI is InChI=1S/C11H15BrClNO4S/c1-6(2)7(3)5-14-11(15)8-4-9(10(12)18-8)19(13,16)17/h4,6-7H,5H2,1-3H3,(H,14,15). The van der Waals surface area contributed by atoms with Crippen LogP contribution in [0.4, 0.5) is 0 Å². The van der Waals surface area contributed by atoms with E-state index in [9.17, 15) is 13.2 Å². The zero-order valence-electron chi connectivity index (χ0n) is 10.7. The lowest BCUT2D eigenvalue weighted by Crippen LogP contribution is -2.29. The van der Waals surface area contributed by atoms with Crippen molar-refractivity contribution < 1.29 is 17.6 Å². The molecule has 5 nitrogen and oxygen atoms in total. The number of hydrogen-bond donors (Lipinski definition) is 1. The highest BCUT2D eigenvalue weighted by Gasteiger charge is 2.23. The summed E-state index contributed by atoms with van der Waals surface area (Å²) in [6, 6.07) is 1.10. The van der Waals surface area contributed by atoms with Gasteiger partial charge in [0.05, 0.1) is 0 Å². The Labute approximate surface area is 125 Å². The van der Waals surface area contributed by atoms with Gasteiger partial charge >= 0.3 is 0 Å². The second-order valence-corrected chi connectivity index (χ2v) is 7.87. The normalized spacial score (nSPS) is 13.6. The van der Waals surface area contributed by atoms with Gasteiger partial charge in [-0.25, -0.2) is 8.42 Å². The minimum atomic E-state index is -3.94. The van der Waals surface area contributed by atoms with Crippen molar-refractivity contribution in [1.29, 1.82) is 0 Å². The van der Waals surface area contributed by atoms with Crippen molar-refractivity contribution >= 4 is 41.6 Å². The maximum atomic E-state index is 11.8. The van der Waals surface area contributed by atoms with Crippen LogP contribution in [0.1, 0.15) is 31.3 Å². The molecule has 1 aromatic rings. The molecular formula is C11H15BrClNO4S. The number of halogens is 2. The van der Waals surface area contributed by atoms with Gasteiger partial charge in [0.2, 0.25) is 0 Å². The Morgan fingerprint density at radius 3 is 2.47 bits per heavy atom. The number of rotatable bonds is 5. The van der Waals surface area contributed by atoms with Gasteiger partial charge in [-0.05, 0) is 27.8 Å². The Balaban J connectivity index is 2.80. The van der Waals surface area contributed by atoms with Crippen molar-refractivity contribution in [3.8, 4) is 0 Å². The maximum absolute atomic E-state index is 11.8. The zero-order chi connectivity index (χ0) is 14.8. The third-order valence-electron chi connectivity index (χ3n) is 2.86. The molecule has 1 rings (SSSR count). The van der Waals surface area contributed by atoms with Crippen LogP contribution in [0.3, 0.4) is 0 Å². The number of carbonyl (C=O) groups is 1. The summed E-state index contributed by atoms with van der Waals surface area (Å²) in [5.74, 6) is 0.169. The molecule has 0 aliphatic rings. The van der Waals surface area contributed by atoms with Gasteiger partial charge in [0.15, 0.2) is 10.4 Å². The van der Waals surface area contributed by atoms with Crippen LogP contribution in [0.15, 0.2) is 20.0 Å². The van der Waals surface area contributed by atoms with Gasteiger partial charge in [-0.3, -0.25) is 4.79 Å². The highest BCUT2D eigenvalue weighted by Crippen LogP contribution is 2.28. The fourth-order valence-corrected chi connectivity index (χ4v) is 3.24. The average Bonchev–Trinajstić information content (AvgIpc) is 2.67. The Hall–Kier alpha value is -0.530. The van der Waals surface area contributed by atoms with E-state index < -0.39 is 15.0 Å². The maximum Gasteiger partial charge on any atom is 0.287 e. The topological polar surface area (TPSA) is 76.4 Å². The lowest BCUT2D eigenvalue weighted by atomic mass is 9.98. The van der Waals surface area contributed by atoms with E-state index in [0.29, 0.717) is 18.4 Å². The molecule has 0 aliphatic heterocycles. The van der Waals surface area contributed by atoms with Gasteiger partial charge in [0.25, 0.3) is 15.0 Å². The first-order valence-electron chi connectivity index (χ1n) is 5.65. The summed E-state index contributed by atoms with van der Waals surface area (Å²) in [7, 11) is 1.26. The highest BCUT2D eigenvalue weighted by atomic mass is 79.9. The molecule has 1 amide bonds. The number of carbonyl (C=O) groups excluding carboxylic acids is 1. The van der Waals surface area contributed by atoms with Crippen molar-refractivity contribution in [3.63, 3.8) is 0 Å². The van der Waals surface area contributed by atoms with E-state index >= 15 is 0 Å². The fraction of sp³-hybridized carbons (Fsp3) is 0.545. The van der Waals surface area contributed by atoms with Gasteiger partial charge in [-0.15, -0.1) is 0 Å². The quantitative estimate of drug-likeness (QED) is 0.806. The zero-order valence-corrected chi connectivity index (χ0v) is 13.9. The van der Waals surface area contributed by atoms with Crippen LogP contribution in [0, 0.1) is 11.8 Å². The average molecular weight is 373 g/mol. The van der Waals surface area contributed by atoms with Crippen molar-refractivity contribution in [2.75, 3.05) is 6.54 Å². The first kappa shape index (κ1) is 16.5. The molecule has 1 aromatic heterocycles. The molecule has 19 heavy (non-hydrogen) atoms. The third-order valence-corrected chi connectivity index (χ3v) is 5.04. The molecule has 108 valence electrons. The minimum absolute atomic E-state index is 0.0791. The summed E-state index contributed by atoms with van der Waals surface area (Å²) in [5.41, 5.74) is 0. The van der Waals surface area contributed by atoms with Crippen molar-refractivity contribution in [2.24, 2.45) is 11.8 Å². The summed E-state index contributed by atoms with van der Waals surface area (Å²) in [4.78, 5) is 11.5.